The lowest BCUT2D eigenvalue weighted by Gasteiger charge is -2.28. The summed E-state index contributed by atoms with van der Waals surface area (Å²) in [5.41, 5.74) is 6.98. The Morgan fingerprint density at radius 2 is 1.54 bits per heavy atom. The zero-order chi connectivity index (χ0) is 18.3. The third-order valence-corrected chi connectivity index (χ3v) is 5.78. The summed E-state index contributed by atoms with van der Waals surface area (Å²) in [5, 5.41) is 2.71. The van der Waals surface area contributed by atoms with Crippen molar-refractivity contribution in [3.8, 4) is 0 Å². The summed E-state index contributed by atoms with van der Waals surface area (Å²) in [4.78, 5) is 5.15. The Bertz CT molecular complexity index is 916. The Morgan fingerprint density at radius 1 is 0.846 bits per heavy atom. The number of benzene rings is 3. The van der Waals surface area contributed by atoms with Gasteiger partial charge in [0.05, 0.1) is 6.67 Å². The van der Waals surface area contributed by atoms with E-state index in [2.05, 4.69) is 92.1 Å². The van der Waals surface area contributed by atoms with Gasteiger partial charge < -0.3 is 4.90 Å². The van der Waals surface area contributed by atoms with Crippen LogP contribution in [0.2, 0.25) is 0 Å². The van der Waals surface area contributed by atoms with E-state index in [4.69, 9.17) is 0 Å². The number of fused-ring (bicyclic) bond motifs is 1. The van der Waals surface area contributed by atoms with Gasteiger partial charge in [0, 0.05) is 24.8 Å². The van der Waals surface area contributed by atoms with Crippen LogP contribution in [0, 0.1) is 20.8 Å². The molecule has 1 aliphatic rings. The van der Waals surface area contributed by atoms with Crippen LogP contribution in [0.4, 0.5) is 5.69 Å². The molecule has 26 heavy (non-hydrogen) atoms. The quantitative estimate of drug-likeness (QED) is 0.610. The van der Waals surface area contributed by atoms with Gasteiger partial charge in [0.25, 0.3) is 0 Å². The van der Waals surface area contributed by atoms with Gasteiger partial charge in [-0.1, -0.05) is 60.2 Å². The zero-order valence-electron chi connectivity index (χ0n) is 16.3. The fourth-order valence-corrected chi connectivity index (χ4v) is 4.59. The van der Waals surface area contributed by atoms with Crippen LogP contribution in [-0.2, 0) is 0 Å². The van der Waals surface area contributed by atoms with E-state index in [1.165, 1.54) is 38.7 Å². The average Bonchev–Trinajstić information content (AvgIpc) is 3.09. The van der Waals surface area contributed by atoms with Gasteiger partial charge in [0.1, 0.15) is 0 Å². The third-order valence-electron chi connectivity index (χ3n) is 5.78. The fraction of sp³-hybridized carbons (Fsp3) is 0.333. The molecule has 2 nitrogen and oxygen atoms in total. The van der Waals surface area contributed by atoms with E-state index in [1.54, 1.807) is 0 Å². The molecular formula is C24H28N2. The molecule has 0 N–H and O–H groups in total. The highest BCUT2D eigenvalue weighted by Crippen LogP contribution is 2.33. The summed E-state index contributed by atoms with van der Waals surface area (Å²) in [6, 6.07) is 20.4. The van der Waals surface area contributed by atoms with Gasteiger partial charge in [-0.2, -0.15) is 0 Å². The van der Waals surface area contributed by atoms with Gasteiger partial charge in [0.15, 0.2) is 0 Å². The Morgan fingerprint density at radius 3 is 2.31 bits per heavy atom. The lowest BCUT2D eigenvalue weighted by atomic mass is 9.99. The second-order valence-corrected chi connectivity index (χ2v) is 7.71. The highest BCUT2D eigenvalue weighted by Gasteiger charge is 2.27. The standard InChI is InChI=1S/C24H28N2/c1-17-14-18(2)24(19(3)15-17)26-13-12-25(16-26)20(4)22-11-7-9-21-8-5-6-10-23(21)22/h5-11,14-15,20H,12-13,16H2,1-4H3/t20-/m0/s1. The first-order valence-corrected chi connectivity index (χ1v) is 9.59. The molecule has 3 aromatic rings. The molecule has 1 fully saturated rings. The van der Waals surface area contributed by atoms with Gasteiger partial charge in [-0.3, -0.25) is 4.90 Å². The van der Waals surface area contributed by atoms with Gasteiger partial charge >= 0.3 is 0 Å². The minimum absolute atomic E-state index is 0.414. The van der Waals surface area contributed by atoms with Crippen LogP contribution in [0.15, 0.2) is 54.6 Å². The highest BCUT2D eigenvalue weighted by molar-refractivity contribution is 5.86. The molecule has 1 heterocycles. The first kappa shape index (κ1) is 17.1. The number of nitrogens with zero attached hydrogens (tertiary/aromatic N) is 2. The van der Waals surface area contributed by atoms with Crippen LogP contribution < -0.4 is 4.90 Å². The van der Waals surface area contributed by atoms with Crippen LogP contribution in [0.5, 0.6) is 0 Å². The normalized spacial score (nSPS) is 16.4. The SMILES string of the molecule is Cc1cc(C)c(N2CCN([C@@H](C)c3cccc4ccccc34)C2)c(C)c1. The summed E-state index contributed by atoms with van der Waals surface area (Å²) in [7, 11) is 0. The summed E-state index contributed by atoms with van der Waals surface area (Å²) in [6.45, 7) is 12.2. The molecule has 0 aliphatic carbocycles. The molecule has 1 saturated heterocycles. The van der Waals surface area contributed by atoms with E-state index < -0.39 is 0 Å². The minimum Gasteiger partial charge on any atom is -0.357 e. The number of hydrogen-bond donors (Lipinski definition) is 0. The maximum absolute atomic E-state index is 2.60. The molecule has 134 valence electrons. The molecule has 1 atom stereocenters. The summed E-state index contributed by atoms with van der Waals surface area (Å²) in [6.07, 6.45) is 0. The summed E-state index contributed by atoms with van der Waals surface area (Å²) >= 11 is 0. The predicted octanol–water partition coefficient (Wildman–Crippen LogP) is 5.61. The molecule has 0 saturated carbocycles. The second-order valence-electron chi connectivity index (χ2n) is 7.71. The third kappa shape index (κ3) is 2.99. The highest BCUT2D eigenvalue weighted by atomic mass is 15.4. The van der Waals surface area contributed by atoms with E-state index in [-0.39, 0.29) is 0 Å². The predicted molar refractivity (Wildman–Crippen MR) is 112 cm³/mol. The Labute approximate surface area is 157 Å². The van der Waals surface area contributed by atoms with Gasteiger partial charge in [-0.15, -0.1) is 0 Å². The van der Waals surface area contributed by atoms with E-state index in [1.807, 2.05) is 0 Å². The lowest BCUT2D eigenvalue weighted by Crippen LogP contribution is -2.28. The fourth-order valence-electron chi connectivity index (χ4n) is 4.59. The van der Waals surface area contributed by atoms with E-state index in [0.29, 0.717) is 6.04 Å². The average molecular weight is 345 g/mol. The number of aryl methyl sites for hydroxylation is 3. The molecule has 0 amide bonds. The van der Waals surface area contributed by atoms with Crippen molar-refractivity contribution in [2.45, 2.75) is 33.7 Å². The second kappa shape index (κ2) is 6.77. The maximum atomic E-state index is 2.60. The van der Waals surface area contributed by atoms with Crippen molar-refractivity contribution >= 4 is 16.5 Å². The van der Waals surface area contributed by atoms with Crippen molar-refractivity contribution in [3.63, 3.8) is 0 Å². The van der Waals surface area contributed by atoms with Crippen LogP contribution in [0.1, 0.15) is 35.2 Å². The molecule has 2 heteroatoms. The largest absolute Gasteiger partial charge is 0.357 e. The van der Waals surface area contributed by atoms with E-state index in [0.717, 1.165) is 19.8 Å². The molecular weight excluding hydrogens is 316 g/mol. The first-order valence-electron chi connectivity index (χ1n) is 9.59. The lowest BCUT2D eigenvalue weighted by molar-refractivity contribution is 0.267. The molecule has 4 rings (SSSR count). The Kier molecular flexibility index (Phi) is 4.46. The maximum Gasteiger partial charge on any atom is 0.0713 e. The molecule has 0 unspecified atom stereocenters. The van der Waals surface area contributed by atoms with Crippen molar-refractivity contribution in [3.05, 3.63) is 76.9 Å². The van der Waals surface area contributed by atoms with Crippen LogP contribution in [0.3, 0.4) is 0 Å². The van der Waals surface area contributed by atoms with Crippen LogP contribution >= 0.6 is 0 Å². The number of hydrogen-bond acceptors (Lipinski definition) is 2. The zero-order valence-corrected chi connectivity index (χ0v) is 16.3. The van der Waals surface area contributed by atoms with Crippen molar-refractivity contribution in [1.29, 1.82) is 0 Å². The number of rotatable bonds is 3. The van der Waals surface area contributed by atoms with E-state index in [9.17, 15) is 0 Å². The first-order chi connectivity index (χ1) is 12.5. The summed E-state index contributed by atoms with van der Waals surface area (Å²) < 4.78 is 0. The van der Waals surface area contributed by atoms with Gasteiger partial charge in [-0.25, -0.2) is 0 Å². The molecule has 0 aromatic heterocycles. The van der Waals surface area contributed by atoms with E-state index >= 15 is 0 Å². The molecule has 0 bridgehead atoms. The van der Waals surface area contributed by atoms with Crippen molar-refractivity contribution in [1.82, 2.24) is 4.90 Å². The van der Waals surface area contributed by atoms with Gasteiger partial charge in [-0.05, 0) is 55.2 Å². The molecule has 0 spiro atoms. The Hall–Kier alpha value is -2.32. The smallest absolute Gasteiger partial charge is 0.0713 e. The van der Waals surface area contributed by atoms with Crippen molar-refractivity contribution in [2.24, 2.45) is 0 Å². The topological polar surface area (TPSA) is 6.48 Å². The Balaban J connectivity index is 1.61. The van der Waals surface area contributed by atoms with Crippen LogP contribution in [0.25, 0.3) is 10.8 Å². The molecule has 0 radical (unpaired) electrons. The monoisotopic (exact) mass is 344 g/mol. The van der Waals surface area contributed by atoms with Crippen molar-refractivity contribution in [2.75, 3.05) is 24.7 Å². The molecule has 1 aliphatic heterocycles. The number of anilines is 1. The van der Waals surface area contributed by atoms with Crippen molar-refractivity contribution < 1.29 is 0 Å². The minimum atomic E-state index is 0.414. The van der Waals surface area contributed by atoms with Crippen LogP contribution in [-0.4, -0.2) is 24.7 Å². The van der Waals surface area contributed by atoms with Gasteiger partial charge in [0.2, 0.25) is 0 Å². The summed E-state index contributed by atoms with van der Waals surface area (Å²) in [5.74, 6) is 0. The molecule has 3 aromatic carbocycles.